The molecular weight excluding hydrogens is 180 g/mol. The normalized spacial score (nSPS) is 9.71. The average molecular weight is 190 g/mol. The van der Waals surface area contributed by atoms with Crippen LogP contribution in [0.5, 0.6) is 0 Å². The molecular formula is C11H10O3. The van der Waals surface area contributed by atoms with Gasteiger partial charge in [-0.15, -0.1) is 12.2 Å². The van der Waals surface area contributed by atoms with Crippen molar-refractivity contribution in [1.82, 2.24) is 0 Å². The first-order valence-corrected chi connectivity index (χ1v) is 3.94. The van der Waals surface area contributed by atoms with E-state index in [1.807, 2.05) is 0 Å². The third kappa shape index (κ3) is 8.17. The van der Waals surface area contributed by atoms with Crippen molar-refractivity contribution >= 4 is 5.97 Å². The van der Waals surface area contributed by atoms with Gasteiger partial charge in [0.05, 0.1) is 6.10 Å². The molecule has 0 fully saturated rings. The fourth-order valence-electron chi connectivity index (χ4n) is 0.633. The molecule has 0 saturated carbocycles. The van der Waals surface area contributed by atoms with E-state index in [0.717, 1.165) is 0 Å². The van der Waals surface area contributed by atoms with Gasteiger partial charge in [0, 0.05) is 12.5 Å². The van der Waals surface area contributed by atoms with Crippen LogP contribution in [0.2, 0.25) is 0 Å². The summed E-state index contributed by atoms with van der Waals surface area (Å²) >= 11 is 0. The highest BCUT2D eigenvalue weighted by atomic mass is 16.4. The maximum Gasteiger partial charge on any atom is 0.303 e. The summed E-state index contributed by atoms with van der Waals surface area (Å²) in [6.07, 6.45) is 6.84. The minimum absolute atomic E-state index is 0.0740. The molecule has 0 heterocycles. The first-order valence-electron chi connectivity index (χ1n) is 3.94. The lowest BCUT2D eigenvalue weighted by Crippen LogP contribution is -2.05. The summed E-state index contributed by atoms with van der Waals surface area (Å²) in [5, 5.41) is 17.5. The van der Waals surface area contributed by atoms with Gasteiger partial charge in [-0.25, -0.2) is 0 Å². The molecule has 14 heavy (non-hydrogen) atoms. The largest absolute Gasteiger partial charge is 0.481 e. The summed E-state index contributed by atoms with van der Waals surface area (Å²) in [6, 6.07) is 0. The molecule has 72 valence electrons. The van der Waals surface area contributed by atoms with E-state index in [9.17, 15) is 4.79 Å². The zero-order valence-corrected chi connectivity index (χ0v) is 7.53. The van der Waals surface area contributed by atoms with Crippen LogP contribution in [0.25, 0.3) is 0 Å². The van der Waals surface area contributed by atoms with Crippen LogP contribution < -0.4 is 0 Å². The summed E-state index contributed by atoms with van der Waals surface area (Å²) in [6.45, 7) is 0. The number of aliphatic carboxylic acids is 1. The lowest BCUT2D eigenvalue weighted by molar-refractivity contribution is -0.137. The van der Waals surface area contributed by atoms with Crippen LogP contribution in [0, 0.1) is 24.2 Å². The van der Waals surface area contributed by atoms with Crippen LogP contribution in [0.1, 0.15) is 12.8 Å². The Labute approximate surface area is 82.8 Å². The van der Waals surface area contributed by atoms with Crippen molar-refractivity contribution in [3.05, 3.63) is 17.9 Å². The van der Waals surface area contributed by atoms with E-state index in [-0.39, 0.29) is 12.8 Å². The molecule has 0 aliphatic heterocycles. The Morgan fingerprint density at radius 1 is 1.57 bits per heavy atom. The second-order valence-electron chi connectivity index (χ2n) is 2.39. The number of rotatable bonds is 4. The SMILES string of the molecule is C#CC#CC=C=C[C@@H](O)CCC(=O)O. The van der Waals surface area contributed by atoms with Crippen LogP contribution in [-0.4, -0.2) is 22.3 Å². The number of carboxylic acids is 1. The molecule has 0 rings (SSSR count). The second-order valence-corrected chi connectivity index (χ2v) is 2.39. The zero-order valence-electron chi connectivity index (χ0n) is 7.53. The van der Waals surface area contributed by atoms with Gasteiger partial charge < -0.3 is 10.2 Å². The Morgan fingerprint density at radius 2 is 2.29 bits per heavy atom. The maximum absolute atomic E-state index is 10.1. The number of carbonyl (C=O) groups is 1. The van der Waals surface area contributed by atoms with Gasteiger partial charge in [-0.3, -0.25) is 4.79 Å². The van der Waals surface area contributed by atoms with E-state index in [2.05, 4.69) is 23.5 Å². The fraction of sp³-hybridized carbons (Fsp3) is 0.273. The minimum Gasteiger partial charge on any atom is -0.481 e. The van der Waals surface area contributed by atoms with Crippen LogP contribution in [0.3, 0.4) is 0 Å². The smallest absolute Gasteiger partial charge is 0.303 e. The molecule has 2 N–H and O–H groups in total. The van der Waals surface area contributed by atoms with E-state index in [0.29, 0.717) is 0 Å². The van der Waals surface area contributed by atoms with Crippen LogP contribution in [0.15, 0.2) is 17.9 Å². The van der Waals surface area contributed by atoms with E-state index < -0.39 is 12.1 Å². The zero-order chi connectivity index (χ0) is 10.8. The van der Waals surface area contributed by atoms with Crippen LogP contribution >= 0.6 is 0 Å². The topological polar surface area (TPSA) is 57.5 Å². The lowest BCUT2D eigenvalue weighted by Gasteiger charge is -1.99. The second kappa shape index (κ2) is 7.71. The van der Waals surface area contributed by atoms with Gasteiger partial charge >= 0.3 is 5.97 Å². The molecule has 0 aromatic carbocycles. The predicted octanol–water partition coefficient (Wildman–Crippen LogP) is 0.560. The summed E-state index contributed by atoms with van der Waals surface area (Å²) in [5.41, 5.74) is 2.58. The number of aliphatic hydroxyl groups is 1. The molecule has 3 nitrogen and oxygen atoms in total. The molecule has 0 aromatic heterocycles. The Hall–Kier alpha value is -1.93. The number of hydrogen-bond donors (Lipinski definition) is 2. The van der Waals surface area contributed by atoms with Gasteiger partial charge in [-0.2, -0.15) is 0 Å². The third-order valence-corrected chi connectivity index (χ3v) is 1.24. The molecule has 0 aliphatic rings. The van der Waals surface area contributed by atoms with Gasteiger partial charge in [-0.05, 0) is 24.3 Å². The van der Waals surface area contributed by atoms with Crippen molar-refractivity contribution in [3.63, 3.8) is 0 Å². The third-order valence-electron chi connectivity index (χ3n) is 1.24. The van der Waals surface area contributed by atoms with E-state index in [4.69, 9.17) is 16.6 Å². The van der Waals surface area contributed by atoms with Crippen LogP contribution in [0.4, 0.5) is 0 Å². The van der Waals surface area contributed by atoms with Crippen molar-refractivity contribution in [2.24, 2.45) is 0 Å². The van der Waals surface area contributed by atoms with E-state index in [1.165, 1.54) is 12.2 Å². The predicted molar refractivity (Wildman–Crippen MR) is 52.1 cm³/mol. The Morgan fingerprint density at radius 3 is 2.86 bits per heavy atom. The molecule has 3 heteroatoms. The van der Waals surface area contributed by atoms with Crippen molar-refractivity contribution in [2.45, 2.75) is 18.9 Å². The molecule has 0 unspecified atom stereocenters. The summed E-state index contributed by atoms with van der Waals surface area (Å²) in [5.74, 6) is 5.98. The summed E-state index contributed by atoms with van der Waals surface area (Å²) in [7, 11) is 0. The Kier molecular flexibility index (Phi) is 6.64. The molecule has 0 amide bonds. The number of aliphatic hydroxyl groups excluding tert-OH is 1. The van der Waals surface area contributed by atoms with E-state index >= 15 is 0 Å². The number of terminal acetylenes is 1. The minimum atomic E-state index is -0.937. The van der Waals surface area contributed by atoms with Gasteiger partial charge in [-0.1, -0.05) is 5.92 Å². The Balaban J connectivity index is 3.93. The molecule has 1 atom stereocenters. The standard InChI is InChI=1S/C11H10O3/c1-2-3-4-5-6-7-10(12)8-9-11(13)14/h1,5,7,10,12H,8-9H2,(H,13,14)/t6?,10-/m1/s1. The quantitative estimate of drug-likeness (QED) is 0.503. The van der Waals surface area contributed by atoms with E-state index in [1.54, 1.807) is 0 Å². The average Bonchev–Trinajstić information content (AvgIpc) is 2.14. The monoisotopic (exact) mass is 190 g/mol. The van der Waals surface area contributed by atoms with Crippen molar-refractivity contribution in [1.29, 1.82) is 0 Å². The van der Waals surface area contributed by atoms with Crippen molar-refractivity contribution < 1.29 is 15.0 Å². The highest BCUT2D eigenvalue weighted by Gasteiger charge is 2.02. The van der Waals surface area contributed by atoms with Crippen molar-refractivity contribution in [2.75, 3.05) is 0 Å². The van der Waals surface area contributed by atoms with Gasteiger partial charge in [0.1, 0.15) is 0 Å². The van der Waals surface area contributed by atoms with Gasteiger partial charge in [0.25, 0.3) is 0 Å². The van der Waals surface area contributed by atoms with Crippen molar-refractivity contribution in [3.8, 4) is 24.2 Å². The first kappa shape index (κ1) is 12.1. The first-order chi connectivity index (χ1) is 6.66. The molecule has 0 aliphatic carbocycles. The van der Waals surface area contributed by atoms with Crippen LogP contribution in [-0.2, 0) is 4.79 Å². The molecule has 0 bridgehead atoms. The molecule has 0 saturated heterocycles. The molecule has 0 aromatic rings. The van der Waals surface area contributed by atoms with Gasteiger partial charge in [0.2, 0.25) is 0 Å². The number of carboxylic acid groups (broad SMARTS) is 1. The molecule has 0 spiro atoms. The highest BCUT2D eigenvalue weighted by Crippen LogP contribution is 1.97. The summed E-state index contributed by atoms with van der Waals surface area (Å²) < 4.78 is 0. The molecule has 0 radical (unpaired) electrons. The highest BCUT2D eigenvalue weighted by molar-refractivity contribution is 5.66. The van der Waals surface area contributed by atoms with Gasteiger partial charge in [0.15, 0.2) is 0 Å². The fourth-order valence-corrected chi connectivity index (χ4v) is 0.633. The number of hydrogen-bond acceptors (Lipinski definition) is 2. The summed E-state index contributed by atoms with van der Waals surface area (Å²) in [4.78, 5) is 10.1. The maximum atomic E-state index is 10.1. The lowest BCUT2D eigenvalue weighted by atomic mass is 10.2. The Bertz CT molecular complexity index is 343.